The third-order valence-electron chi connectivity index (χ3n) is 4.02. The Labute approximate surface area is 133 Å². The summed E-state index contributed by atoms with van der Waals surface area (Å²) in [6.45, 7) is 9.45. The number of nitrogens with one attached hydrogen (secondary N) is 2. The van der Waals surface area contributed by atoms with Crippen LogP contribution in [0.15, 0.2) is 18.2 Å². The van der Waals surface area contributed by atoms with Crippen LogP contribution in [0, 0.1) is 6.92 Å². The van der Waals surface area contributed by atoms with Crippen molar-refractivity contribution in [1.82, 2.24) is 10.2 Å². The highest BCUT2D eigenvalue weighted by Crippen LogP contribution is 2.20. The molecule has 0 unspecified atom stereocenters. The summed E-state index contributed by atoms with van der Waals surface area (Å²) in [5, 5.41) is 5.93. The Hall–Kier alpha value is -1.59. The first-order valence-electron chi connectivity index (χ1n) is 8.14. The molecule has 2 rings (SSSR count). The van der Waals surface area contributed by atoms with Gasteiger partial charge in [-0.05, 0) is 37.4 Å². The average Bonchev–Trinajstić information content (AvgIpc) is 2.54. The number of rotatable bonds is 6. The number of hydrogen-bond donors (Lipinski definition) is 2. The first kappa shape index (κ1) is 16.8. The number of urea groups is 1. The highest BCUT2D eigenvalue weighted by molar-refractivity contribution is 5.91. The lowest BCUT2D eigenvalue weighted by Crippen LogP contribution is -2.38. The highest BCUT2D eigenvalue weighted by atomic mass is 16.5. The van der Waals surface area contributed by atoms with Crippen LogP contribution in [-0.2, 0) is 11.2 Å². The SMILES string of the molecule is CCc1cccc(C)c1NC(=O)NCCCN1CCOCC1. The maximum Gasteiger partial charge on any atom is 0.319 e. The van der Waals surface area contributed by atoms with Crippen LogP contribution in [0.2, 0.25) is 0 Å². The zero-order valence-corrected chi connectivity index (χ0v) is 13.7. The number of anilines is 1. The van der Waals surface area contributed by atoms with Gasteiger partial charge in [0.2, 0.25) is 0 Å². The second kappa shape index (κ2) is 8.76. The number of morpholine rings is 1. The molecule has 2 amide bonds. The highest BCUT2D eigenvalue weighted by Gasteiger charge is 2.10. The zero-order valence-electron chi connectivity index (χ0n) is 13.7. The van der Waals surface area contributed by atoms with Crippen LogP contribution in [-0.4, -0.2) is 50.3 Å². The van der Waals surface area contributed by atoms with Crippen LogP contribution < -0.4 is 10.6 Å². The fraction of sp³-hybridized carbons (Fsp3) is 0.588. The van der Waals surface area contributed by atoms with Gasteiger partial charge in [0.15, 0.2) is 0 Å². The molecule has 0 saturated carbocycles. The molecule has 5 heteroatoms. The van der Waals surface area contributed by atoms with Gasteiger partial charge in [0.25, 0.3) is 0 Å². The summed E-state index contributed by atoms with van der Waals surface area (Å²) >= 11 is 0. The monoisotopic (exact) mass is 305 g/mol. The third-order valence-corrected chi connectivity index (χ3v) is 4.02. The average molecular weight is 305 g/mol. The molecule has 2 N–H and O–H groups in total. The number of ether oxygens (including phenoxy) is 1. The van der Waals surface area contributed by atoms with E-state index in [4.69, 9.17) is 4.74 Å². The summed E-state index contributed by atoms with van der Waals surface area (Å²) in [6.07, 6.45) is 1.87. The van der Waals surface area contributed by atoms with E-state index in [9.17, 15) is 4.79 Å². The van der Waals surface area contributed by atoms with E-state index in [-0.39, 0.29) is 6.03 Å². The van der Waals surface area contributed by atoms with Crippen molar-refractivity contribution in [1.29, 1.82) is 0 Å². The lowest BCUT2D eigenvalue weighted by atomic mass is 10.1. The Balaban J connectivity index is 1.71. The number of para-hydroxylation sites is 1. The lowest BCUT2D eigenvalue weighted by Gasteiger charge is -2.26. The first-order valence-corrected chi connectivity index (χ1v) is 8.14. The van der Waals surface area contributed by atoms with Crippen molar-refractivity contribution < 1.29 is 9.53 Å². The van der Waals surface area contributed by atoms with Crippen LogP contribution in [0.5, 0.6) is 0 Å². The van der Waals surface area contributed by atoms with Gasteiger partial charge in [0.1, 0.15) is 0 Å². The molecule has 0 bridgehead atoms. The van der Waals surface area contributed by atoms with Crippen molar-refractivity contribution in [2.45, 2.75) is 26.7 Å². The Morgan fingerprint density at radius 1 is 1.32 bits per heavy atom. The van der Waals surface area contributed by atoms with Crippen LogP contribution >= 0.6 is 0 Å². The quantitative estimate of drug-likeness (QED) is 0.794. The van der Waals surface area contributed by atoms with Crippen LogP contribution in [0.4, 0.5) is 10.5 Å². The second-order valence-corrected chi connectivity index (χ2v) is 5.65. The van der Waals surface area contributed by atoms with Crippen molar-refractivity contribution in [2.24, 2.45) is 0 Å². The van der Waals surface area contributed by atoms with E-state index in [1.54, 1.807) is 0 Å². The number of benzene rings is 1. The second-order valence-electron chi connectivity index (χ2n) is 5.65. The molecule has 1 fully saturated rings. The molecule has 1 aromatic carbocycles. The number of aryl methyl sites for hydroxylation is 2. The van der Waals surface area contributed by atoms with Crippen molar-refractivity contribution in [3.05, 3.63) is 29.3 Å². The predicted molar refractivity (Wildman–Crippen MR) is 89.5 cm³/mol. The molecule has 5 nitrogen and oxygen atoms in total. The molecule has 1 aliphatic heterocycles. The summed E-state index contributed by atoms with van der Waals surface area (Å²) in [7, 11) is 0. The van der Waals surface area contributed by atoms with Crippen molar-refractivity contribution in [3.63, 3.8) is 0 Å². The number of carbonyl (C=O) groups excluding carboxylic acids is 1. The molecule has 22 heavy (non-hydrogen) atoms. The maximum absolute atomic E-state index is 12.0. The van der Waals surface area contributed by atoms with E-state index in [0.29, 0.717) is 6.54 Å². The Morgan fingerprint density at radius 2 is 2.09 bits per heavy atom. The maximum atomic E-state index is 12.0. The Morgan fingerprint density at radius 3 is 2.82 bits per heavy atom. The van der Waals surface area contributed by atoms with E-state index in [1.165, 1.54) is 5.56 Å². The number of amides is 2. The molecule has 0 spiro atoms. The van der Waals surface area contributed by atoms with Crippen molar-refractivity contribution in [2.75, 3.05) is 44.7 Å². The number of hydrogen-bond acceptors (Lipinski definition) is 3. The topological polar surface area (TPSA) is 53.6 Å². The van der Waals surface area contributed by atoms with Gasteiger partial charge in [-0.3, -0.25) is 4.90 Å². The largest absolute Gasteiger partial charge is 0.379 e. The molecule has 0 aliphatic carbocycles. The third kappa shape index (κ3) is 5.00. The summed E-state index contributed by atoms with van der Waals surface area (Å²) in [4.78, 5) is 14.4. The Bertz CT molecular complexity index is 485. The van der Waals surface area contributed by atoms with E-state index >= 15 is 0 Å². The van der Waals surface area contributed by atoms with Crippen LogP contribution in [0.25, 0.3) is 0 Å². The molecule has 0 atom stereocenters. The minimum Gasteiger partial charge on any atom is -0.379 e. The van der Waals surface area contributed by atoms with E-state index in [0.717, 1.165) is 56.9 Å². The molecule has 1 aromatic rings. The molecule has 0 radical (unpaired) electrons. The fourth-order valence-electron chi connectivity index (χ4n) is 2.69. The minimum atomic E-state index is -0.119. The van der Waals surface area contributed by atoms with Gasteiger partial charge in [0.05, 0.1) is 13.2 Å². The molecular formula is C17H27N3O2. The van der Waals surface area contributed by atoms with E-state index in [2.05, 4.69) is 28.5 Å². The van der Waals surface area contributed by atoms with Crippen molar-refractivity contribution in [3.8, 4) is 0 Å². The van der Waals surface area contributed by atoms with Gasteiger partial charge in [-0.1, -0.05) is 25.1 Å². The lowest BCUT2D eigenvalue weighted by molar-refractivity contribution is 0.0375. The molecular weight excluding hydrogens is 278 g/mol. The van der Waals surface area contributed by atoms with Crippen molar-refractivity contribution >= 4 is 11.7 Å². The zero-order chi connectivity index (χ0) is 15.8. The van der Waals surface area contributed by atoms with Gasteiger partial charge in [-0.15, -0.1) is 0 Å². The van der Waals surface area contributed by atoms with Gasteiger partial charge in [-0.25, -0.2) is 4.79 Å². The minimum absolute atomic E-state index is 0.119. The van der Waals surface area contributed by atoms with Crippen LogP contribution in [0.1, 0.15) is 24.5 Å². The van der Waals surface area contributed by atoms with Gasteiger partial charge >= 0.3 is 6.03 Å². The van der Waals surface area contributed by atoms with E-state index in [1.807, 2.05) is 19.1 Å². The Kier molecular flexibility index (Phi) is 6.68. The molecule has 0 aromatic heterocycles. The van der Waals surface area contributed by atoms with Gasteiger partial charge in [0, 0.05) is 25.3 Å². The smallest absolute Gasteiger partial charge is 0.319 e. The fourth-order valence-corrected chi connectivity index (χ4v) is 2.69. The predicted octanol–water partition coefficient (Wildman–Crippen LogP) is 2.40. The molecule has 1 heterocycles. The normalized spacial score (nSPS) is 15.5. The molecule has 1 saturated heterocycles. The summed E-state index contributed by atoms with van der Waals surface area (Å²) < 4.78 is 5.32. The van der Waals surface area contributed by atoms with Gasteiger partial charge in [-0.2, -0.15) is 0 Å². The van der Waals surface area contributed by atoms with E-state index < -0.39 is 0 Å². The summed E-state index contributed by atoms with van der Waals surface area (Å²) in [6, 6.07) is 5.99. The number of nitrogens with zero attached hydrogens (tertiary/aromatic N) is 1. The van der Waals surface area contributed by atoms with Gasteiger partial charge < -0.3 is 15.4 Å². The summed E-state index contributed by atoms with van der Waals surface area (Å²) in [5.41, 5.74) is 3.21. The summed E-state index contributed by atoms with van der Waals surface area (Å²) in [5.74, 6) is 0. The molecule has 1 aliphatic rings. The first-order chi connectivity index (χ1) is 10.7. The van der Waals surface area contributed by atoms with Crippen LogP contribution in [0.3, 0.4) is 0 Å². The standard InChI is InChI=1S/C17H27N3O2/c1-3-15-7-4-6-14(2)16(15)19-17(21)18-8-5-9-20-10-12-22-13-11-20/h4,6-7H,3,5,8-13H2,1-2H3,(H2,18,19,21). The number of carbonyl (C=O) groups is 1. The molecule has 122 valence electrons.